The van der Waals surface area contributed by atoms with Gasteiger partial charge in [-0.15, -0.1) is 12.1 Å². The summed E-state index contributed by atoms with van der Waals surface area (Å²) in [6.07, 6.45) is 5.15. The van der Waals surface area contributed by atoms with Crippen molar-refractivity contribution in [3.05, 3.63) is 12.1 Å². The Labute approximate surface area is 150 Å². The molecule has 3 atom stereocenters. The first-order chi connectivity index (χ1) is 7.86. The molecule has 2 bridgehead atoms. The SMILES string of the molecule is C=C(CN(C)CC1CC2CCC1C2)[B-](F)(F)F.[K+]. The molecule has 0 N–H and O–H groups in total. The minimum atomic E-state index is -4.87. The normalized spacial score (nSPS) is 30.6. The average Bonchev–Trinajstić information content (AvgIpc) is 2.77. The molecule has 0 aromatic rings. The molecule has 0 spiro atoms. The third kappa shape index (κ3) is 4.35. The first kappa shape index (κ1) is 17.2. The molecule has 2 fully saturated rings. The van der Waals surface area contributed by atoms with E-state index >= 15 is 0 Å². The van der Waals surface area contributed by atoms with Gasteiger partial charge in [-0.05, 0) is 50.6 Å². The van der Waals surface area contributed by atoms with E-state index in [9.17, 15) is 12.9 Å². The quantitative estimate of drug-likeness (QED) is 0.657. The van der Waals surface area contributed by atoms with Gasteiger partial charge < -0.3 is 17.8 Å². The molecule has 18 heavy (non-hydrogen) atoms. The van der Waals surface area contributed by atoms with Gasteiger partial charge in [0.15, 0.2) is 0 Å². The van der Waals surface area contributed by atoms with E-state index in [2.05, 4.69) is 6.58 Å². The minimum Gasteiger partial charge on any atom is -0.445 e. The molecule has 0 amide bonds. The fourth-order valence-corrected chi connectivity index (χ4v) is 3.52. The van der Waals surface area contributed by atoms with Crippen LogP contribution in [0.2, 0.25) is 0 Å². The van der Waals surface area contributed by atoms with Crippen molar-refractivity contribution in [3.8, 4) is 0 Å². The Hall–Kier alpha value is 1.19. The zero-order chi connectivity index (χ0) is 12.6. The predicted octanol–water partition coefficient (Wildman–Crippen LogP) is 0.301. The number of nitrogens with zero attached hydrogens (tertiary/aromatic N) is 1. The van der Waals surface area contributed by atoms with Crippen LogP contribution in [0.1, 0.15) is 25.7 Å². The number of fused-ring (bicyclic) bond motifs is 2. The van der Waals surface area contributed by atoms with Crippen LogP contribution in [0, 0.1) is 17.8 Å². The molecule has 0 radical (unpaired) electrons. The molecule has 2 saturated carbocycles. The van der Waals surface area contributed by atoms with Gasteiger partial charge in [0.25, 0.3) is 0 Å². The van der Waals surface area contributed by atoms with Crippen LogP contribution in [0.3, 0.4) is 0 Å². The molecule has 2 rings (SSSR count). The third-order valence-corrected chi connectivity index (χ3v) is 4.37. The Morgan fingerprint density at radius 3 is 2.39 bits per heavy atom. The fourth-order valence-electron chi connectivity index (χ4n) is 3.52. The maximum Gasteiger partial charge on any atom is 1.00 e. The fraction of sp³-hybridized carbons (Fsp3) is 0.833. The third-order valence-electron chi connectivity index (χ3n) is 4.37. The van der Waals surface area contributed by atoms with E-state index < -0.39 is 12.4 Å². The summed E-state index contributed by atoms with van der Waals surface area (Å²) in [5.74, 6) is 2.24. The summed E-state index contributed by atoms with van der Waals surface area (Å²) in [5.41, 5.74) is -0.573. The first-order valence-electron chi connectivity index (χ1n) is 6.42. The summed E-state index contributed by atoms with van der Waals surface area (Å²) < 4.78 is 37.2. The summed E-state index contributed by atoms with van der Waals surface area (Å²) in [7, 11) is 1.78. The average molecular weight is 285 g/mol. The Morgan fingerprint density at radius 1 is 1.28 bits per heavy atom. The van der Waals surface area contributed by atoms with E-state index in [1.807, 2.05) is 0 Å². The number of halogens is 3. The molecule has 0 heterocycles. The van der Waals surface area contributed by atoms with Crippen molar-refractivity contribution < 1.29 is 64.3 Å². The Kier molecular flexibility index (Phi) is 6.48. The monoisotopic (exact) mass is 285 g/mol. The van der Waals surface area contributed by atoms with Gasteiger partial charge in [0.05, 0.1) is 0 Å². The van der Waals surface area contributed by atoms with Crippen LogP contribution in [-0.4, -0.2) is 32.0 Å². The molecule has 0 aliphatic heterocycles. The van der Waals surface area contributed by atoms with E-state index in [-0.39, 0.29) is 57.9 Å². The maximum atomic E-state index is 12.4. The molecular formula is C12H20BF3KN. The maximum absolute atomic E-state index is 12.4. The van der Waals surface area contributed by atoms with Gasteiger partial charge >= 0.3 is 58.4 Å². The first-order valence-corrected chi connectivity index (χ1v) is 6.42. The van der Waals surface area contributed by atoms with E-state index in [1.54, 1.807) is 11.9 Å². The largest absolute Gasteiger partial charge is 1.00 e. The summed E-state index contributed by atoms with van der Waals surface area (Å²) in [6.45, 7) is -0.953. The molecule has 98 valence electrons. The Balaban J connectivity index is 0.00000162. The Morgan fingerprint density at radius 2 is 1.94 bits per heavy atom. The van der Waals surface area contributed by atoms with Crippen LogP contribution in [0.15, 0.2) is 12.1 Å². The summed E-state index contributed by atoms with van der Waals surface area (Å²) in [5, 5.41) is 0. The zero-order valence-electron chi connectivity index (χ0n) is 11.3. The molecular weight excluding hydrogens is 265 g/mol. The predicted molar refractivity (Wildman–Crippen MR) is 64.7 cm³/mol. The van der Waals surface area contributed by atoms with Gasteiger partial charge in [-0.2, -0.15) is 0 Å². The summed E-state index contributed by atoms with van der Waals surface area (Å²) >= 11 is 0. The van der Waals surface area contributed by atoms with E-state index in [1.165, 1.54) is 25.7 Å². The van der Waals surface area contributed by atoms with Crippen molar-refractivity contribution in [3.63, 3.8) is 0 Å². The molecule has 1 nitrogen and oxygen atoms in total. The van der Waals surface area contributed by atoms with Crippen LogP contribution in [-0.2, 0) is 0 Å². The van der Waals surface area contributed by atoms with Crippen molar-refractivity contribution in [2.24, 2.45) is 17.8 Å². The molecule has 0 saturated heterocycles. The number of hydrogen-bond donors (Lipinski definition) is 0. The van der Waals surface area contributed by atoms with Crippen LogP contribution >= 0.6 is 0 Å². The van der Waals surface area contributed by atoms with E-state index in [0.29, 0.717) is 5.92 Å². The topological polar surface area (TPSA) is 3.24 Å². The van der Waals surface area contributed by atoms with Crippen LogP contribution < -0.4 is 51.4 Å². The van der Waals surface area contributed by atoms with Crippen LogP contribution in [0.4, 0.5) is 12.9 Å². The van der Waals surface area contributed by atoms with E-state index in [4.69, 9.17) is 0 Å². The number of rotatable bonds is 5. The molecule has 2 aliphatic carbocycles. The van der Waals surface area contributed by atoms with Crippen molar-refractivity contribution >= 4 is 6.98 Å². The van der Waals surface area contributed by atoms with Crippen molar-refractivity contribution in [1.82, 2.24) is 4.90 Å². The van der Waals surface area contributed by atoms with Gasteiger partial charge in [-0.25, -0.2) is 0 Å². The van der Waals surface area contributed by atoms with Gasteiger partial charge in [0.2, 0.25) is 0 Å². The second kappa shape index (κ2) is 6.76. The smallest absolute Gasteiger partial charge is 0.445 e. The molecule has 3 unspecified atom stereocenters. The van der Waals surface area contributed by atoms with Crippen molar-refractivity contribution in [2.45, 2.75) is 25.7 Å². The molecule has 6 heteroatoms. The molecule has 0 aromatic carbocycles. The second-order valence-corrected chi connectivity index (χ2v) is 5.86. The van der Waals surface area contributed by atoms with Gasteiger partial charge in [-0.3, -0.25) is 0 Å². The van der Waals surface area contributed by atoms with Crippen LogP contribution in [0.5, 0.6) is 0 Å². The number of likely N-dealkylation sites (N-methyl/N-ethyl adjacent to an activating group) is 1. The minimum absolute atomic E-state index is 0. The molecule has 2 aliphatic rings. The Bertz CT molecular complexity index is 308. The van der Waals surface area contributed by atoms with Crippen LogP contribution in [0.25, 0.3) is 0 Å². The van der Waals surface area contributed by atoms with E-state index in [0.717, 1.165) is 18.4 Å². The standard InChI is InChI=1S/C12H20BF3N.K/c1-9(13(14,15)16)7-17(2)8-12-6-10-3-4-11(12)5-10;/h10-12H,1,3-8H2,2H3;/q-1;+1. The van der Waals surface area contributed by atoms with Gasteiger partial charge in [0, 0.05) is 6.54 Å². The van der Waals surface area contributed by atoms with Crippen molar-refractivity contribution in [1.29, 1.82) is 0 Å². The zero-order valence-corrected chi connectivity index (χ0v) is 14.5. The summed E-state index contributed by atoms with van der Waals surface area (Å²) in [4.78, 5) is 1.79. The summed E-state index contributed by atoms with van der Waals surface area (Å²) in [6, 6.07) is 0. The van der Waals surface area contributed by atoms with Crippen molar-refractivity contribution in [2.75, 3.05) is 20.1 Å². The second-order valence-electron chi connectivity index (χ2n) is 5.86. The van der Waals surface area contributed by atoms with Gasteiger partial charge in [0.1, 0.15) is 0 Å². The van der Waals surface area contributed by atoms with Gasteiger partial charge in [-0.1, -0.05) is 6.42 Å². The molecule has 0 aromatic heterocycles. The number of hydrogen-bond acceptors (Lipinski definition) is 1.